The van der Waals surface area contributed by atoms with Crippen molar-refractivity contribution in [2.24, 2.45) is 5.92 Å². The lowest BCUT2D eigenvalue weighted by atomic mass is 10.0. The number of phenolic OH excluding ortho intramolecular Hbond substituents is 1. The van der Waals surface area contributed by atoms with Gasteiger partial charge in [0.2, 0.25) is 0 Å². The van der Waals surface area contributed by atoms with Crippen LogP contribution in [0.25, 0.3) is 0 Å². The predicted octanol–water partition coefficient (Wildman–Crippen LogP) is 1.66. The zero-order chi connectivity index (χ0) is 14.0. The van der Waals surface area contributed by atoms with Crippen LogP contribution in [0.5, 0.6) is 5.75 Å². The molecule has 0 radical (unpaired) electrons. The number of nitro groups is 1. The van der Waals surface area contributed by atoms with Gasteiger partial charge in [0.15, 0.2) is 0 Å². The SMILES string of the molecule is CC1CCOC1C(=O)Nc1cc([N+](=O)[O-])ccc1O. The van der Waals surface area contributed by atoms with E-state index in [2.05, 4.69) is 5.32 Å². The van der Waals surface area contributed by atoms with Gasteiger partial charge in [0, 0.05) is 18.7 Å². The van der Waals surface area contributed by atoms with Crippen molar-refractivity contribution in [1.82, 2.24) is 0 Å². The number of ether oxygens (including phenoxy) is 1. The number of nitrogens with zero attached hydrogens (tertiary/aromatic N) is 1. The minimum absolute atomic E-state index is 0.0156. The van der Waals surface area contributed by atoms with Crippen molar-refractivity contribution >= 4 is 17.3 Å². The summed E-state index contributed by atoms with van der Waals surface area (Å²) in [6.07, 6.45) is 0.206. The number of hydrogen-bond acceptors (Lipinski definition) is 5. The molecule has 0 spiro atoms. The molecule has 1 aliphatic heterocycles. The number of non-ortho nitro benzene ring substituents is 1. The second-order valence-electron chi connectivity index (χ2n) is 4.51. The maximum atomic E-state index is 11.9. The molecular weight excluding hydrogens is 252 g/mol. The molecule has 2 atom stereocenters. The Morgan fingerprint density at radius 1 is 1.58 bits per heavy atom. The van der Waals surface area contributed by atoms with Crippen LogP contribution in [-0.4, -0.2) is 28.6 Å². The molecule has 102 valence electrons. The second-order valence-corrected chi connectivity index (χ2v) is 4.51. The summed E-state index contributed by atoms with van der Waals surface area (Å²) in [5.41, 5.74) is -0.185. The molecular formula is C12H14N2O5. The topological polar surface area (TPSA) is 102 Å². The molecule has 0 aliphatic carbocycles. The fourth-order valence-electron chi connectivity index (χ4n) is 1.97. The molecule has 1 aliphatic rings. The Balaban J connectivity index is 2.16. The van der Waals surface area contributed by atoms with Gasteiger partial charge in [0.25, 0.3) is 11.6 Å². The van der Waals surface area contributed by atoms with Crippen molar-refractivity contribution in [2.75, 3.05) is 11.9 Å². The van der Waals surface area contributed by atoms with Gasteiger partial charge in [-0.15, -0.1) is 0 Å². The van der Waals surface area contributed by atoms with E-state index in [1.54, 1.807) is 0 Å². The minimum Gasteiger partial charge on any atom is -0.506 e. The molecule has 1 fully saturated rings. The van der Waals surface area contributed by atoms with Crippen LogP contribution in [0.3, 0.4) is 0 Å². The van der Waals surface area contributed by atoms with Crippen molar-refractivity contribution in [2.45, 2.75) is 19.4 Å². The summed E-state index contributed by atoms with van der Waals surface area (Å²) in [7, 11) is 0. The highest BCUT2D eigenvalue weighted by Crippen LogP contribution is 2.29. The van der Waals surface area contributed by atoms with E-state index in [4.69, 9.17) is 4.74 Å². The van der Waals surface area contributed by atoms with E-state index in [9.17, 15) is 20.0 Å². The van der Waals surface area contributed by atoms with E-state index in [1.165, 1.54) is 12.1 Å². The Labute approximate surface area is 109 Å². The molecule has 0 bridgehead atoms. The van der Waals surface area contributed by atoms with Crippen LogP contribution in [0, 0.1) is 16.0 Å². The molecule has 0 saturated carbocycles. The van der Waals surface area contributed by atoms with Gasteiger partial charge in [0.05, 0.1) is 10.6 Å². The van der Waals surface area contributed by atoms with Gasteiger partial charge in [-0.3, -0.25) is 14.9 Å². The van der Waals surface area contributed by atoms with Gasteiger partial charge in [-0.05, 0) is 18.4 Å². The van der Waals surface area contributed by atoms with Crippen molar-refractivity contribution < 1.29 is 19.6 Å². The molecule has 1 saturated heterocycles. The van der Waals surface area contributed by atoms with Crippen LogP contribution in [0.2, 0.25) is 0 Å². The van der Waals surface area contributed by atoms with E-state index in [1.807, 2.05) is 6.92 Å². The number of carbonyl (C=O) groups excluding carboxylic acids is 1. The first-order chi connectivity index (χ1) is 8.99. The zero-order valence-corrected chi connectivity index (χ0v) is 10.3. The van der Waals surface area contributed by atoms with E-state index in [-0.39, 0.29) is 23.0 Å². The van der Waals surface area contributed by atoms with E-state index in [0.717, 1.165) is 12.5 Å². The van der Waals surface area contributed by atoms with Gasteiger partial charge in [-0.1, -0.05) is 6.92 Å². The number of rotatable bonds is 3. The Morgan fingerprint density at radius 3 is 2.89 bits per heavy atom. The van der Waals surface area contributed by atoms with Crippen LogP contribution >= 0.6 is 0 Å². The van der Waals surface area contributed by atoms with Crippen molar-refractivity contribution in [1.29, 1.82) is 0 Å². The molecule has 1 heterocycles. The van der Waals surface area contributed by atoms with Gasteiger partial charge in [-0.25, -0.2) is 0 Å². The summed E-state index contributed by atoms with van der Waals surface area (Å²) < 4.78 is 5.29. The van der Waals surface area contributed by atoms with E-state index >= 15 is 0 Å². The summed E-state index contributed by atoms with van der Waals surface area (Å²) in [5, 5.41) is 22.7. The Hall–Kier alpha value is -2.15. The number of anilines is 1. The Kier molecular flexibility index (Phi) is 3.66. The van der Waals surface area contributed by atoms with Gasteiger partial charge < -0.3 is 15.2 Å². The lowest BCUT2D eigenvalue weighted by molar-refractivity contribution is -0.384. The van der Waals surface area contributed by atoms with Crippen molar-refractivity contribution in [3.63, 3.8) is 0 Å². The van der Waals surface area contributed by atoms with E-state index in [0.29, 0.717) is 6.61 Å². The van der Waals surface area contributed by atoms with Gasteiger partial charge >= 0.3 is 0 Å². The third kappa shape index (κ3) is 2.82. The number of carbonyl (C=O) groups is 1. The number of benzene rings is 1. The van der Waals surface area contributed by atoms with Crippen molar-refractivity contribution in [3.05, 3.63) is 28.3 Å². The summed E-state index contributed by atoms with van der Waals surface area (Å²) in [4.78, 5) is 22.0. The van der Waals surface area contributed by atoms with Crippen LogP contribution in [0.1, 0.15) is 13.3 Å². The molecule has 2 N–H and O–H groups in total. The molecule has 1 aromatic rings. The van der Waals surface area contributed by atoms with E-state index < -0.39 is 16.9 Å². The van der Waals surface area contributed by atoms with Gasteiger partial charge in [0.1, 0.15) is 11.9 Å². The number of aromatic hydroxyl groups is 1. The Bertz CT molecular complexity index is 517. The summed E-state index contributed by atoms with van der Waals surface area (Å²) in [6.45, 7) is 2.41. The molecule has 2 rings (SSSR count). The molecule has 7 nitrogen and oxygen atoms in total. The summed E-state index contributed by atoms with van der Waals surface area (Å²) in [6, 6.07) is 3.46. The molecule has 1 amide bonds. The normalized spacial score (nSPS) is 22.2. The molecule has 1 aromatic carbocycles. The van der Waals surface area contributed by atoms with Gasteiger partial charge in [-0.2, -0.15) is 0 Å². The average Bonchev–Trinajstić information content (AvgIpc) is 2.78. The first kappa shape index (κ1) is 13.3. The molecule has 7 heteroatoms. The smallest absolute Gasteiger partial charge is 0.271 e. The lowest BCUT2D eigenvalue weighted by Crippen LogP contribution is -2.31. The van der Waals surface area contributed by atoms with Crippen molar-refractivity contribution in [3.8, 4) is 5.75 Å². The predicted molar refractivity (Wildman–Crippen MR) is 66.9 cm³/mol. The lowest BCUT2D eigenvalue weighted by Gasteiger charge is -2.14. The highest BCUT2D eigenvalue weighted by molar-refractivity contribution is 5.96. The number of nitrogens with one attached hydrogen (secondary N) is 1. The first-order valence-corrected chi connectivity index (χ1v) is 5.89. The number of phenols is 1. The van der Waals surface area contributed by atoms with Crippen LogP contribution in [0.4, 0.5) is 11.4 Å². The second kappa shape index (κ2) is 5.23. The van der Waals surface area contributed by atoms with Crippen LogP contribution < -0.4 is 5.32 Å². The largest absolute Gasteiger partial charge is 0.506 e. The molecule has 19 heavy (non-hydrogen) atoms. The first-order valence-electron chi connectivity index (χ1n) is 5.89. The number of amides is 1. The standard InChI is InChI=1S/C12H14N2O5/c1-7-4-5-19-11(7)12(16)13-9-6-8(14(17)18)2-3-10(9)15/h2-3,6-7,11,15H,4-5H2,1H3,(H,13,16). The fraction of sp³-hybridized carbons (Fsp3) is 0.417. The molecule has 0 aromatic heterocycles. The highest BCUT2D eigenvalue weighted by Gasteiger charge is 2.31. The monoisotopic (exact) mass is 266 g/mol. The summed E-state index contributed by atoms with van der Waals surface area (Å²) >= 11 is 0. The average molecular weight is 266 g/mol. The third-order valence-corrected chi connectivity index (χ3v) is 3.09. The quantitative estimate of drug-likeness (QED) is 0.492. The maximum Gasteiger partial charge on any atom is 0.271 e. The minimum atomic E-state index is -0.593. The number of hydrogen-bond donors (Lipinski definition) is 2. The molecule has 2 unspecified atom stereocenters. The summed E-state index contributed by atoms with van der Waals surface area (Å²) in [5.74, 6) is -0.536. The fourth-order valence-corrected chi connectivity index (χ4v) is 1.97. The van der Waals surface area contributed by atoms with Crippen LogP contribution in [-0.2, 0) is 9.53 Å². The number of nitro benzene ring substituents is 1. The third-order valence-electron chi connectivity index (χ3n) is 3.09. The Morgan fingerprint density at radius 2 is 2.32 bits per heavy atom. The highest BCUT2D eigenvalue weighted by atomic mass is 16.6. The zero-order valence-electron chi connectivity index (χ0n) is 10.3. The van der Waals surface area contributed by atoms with Crippen LogP contribution in [0.15, 0.2) is 18.2 Å². The maximum absolute atomic E-state index is 11.9.